The monoisotopic (exact) mass is 637 g/mol. The van der Waals surface area contributed by atoms with Crippen molar-refractivity contribution < 1.29 is 18.0 Å². The lowest BCUT2D eigenvalue weighted by Gasteiger charge is -2.34. The number of rotatable bonds is 13. The number of amides is 2. The number of anilines is 1. The molecule has 0 radical (unpaired) electrons. The van der Waals surface area contributed by atoms with E-state index in [4.69, 9.17) is 34.8 Å². The van der Waals surface area contributed by atoms with Crippen LogP contribution in [-0.2, 0) is 32.6 Å². The molecule has 7 nitrogen and oxygen atoms in total. The van der Waals surface area contributed by atoms with Crippen molar-refractivity contribution in [3.05, 3.63) is 98.5 Å². The van der Waals surface area contributed by atoms with E-state index in [-0.39, 0.29) is 39.6 Å². The third kappa shape index (κ3) is 9.10. The van der Waals surface area contributed by atoms with Crippen molar-refractivity contribution in [1.82, 2.24) is 10.2 Å². The first-order valence-corrected chi connectivity index (χ1v) is 16.2. The molecule has 0 unspecified atom stereocenters. The molecule has 0 spiro atoms. The first-order valence-electron chi connectivity index (χ1n) is 13.2. The molecular formula is C30H34Cl3N3O4S. The molecule has 3 aromatic carbocycles. The molecule has 0 aliphatic heterocycles. The minimum absolute atomic E-state index is 0.0137. The lowest BCUT2D eigenvalue weighted by Crippen LogP contribution is -2.53. The van der Waals surface area contributed by atoms with E-state index in [1.807, 2.05) is 68.4 Å². The van der Waals surface area contributed by atoms with Gasteiger partial charge in [0.15, 0.2) is 0 Å². The van der Waals surface area contributed by atoms with Gasteiger partial charge < -0.3 is 10.2 Å². The van der Waals surface area contributed by atoms with Gasteiger partial charge in [0, 0.05) is 19.5 Å². The van der Waals surface area contributed by atoms with Gasteiger partial charge in [-0.15, -0.1) is 0 Å². The summed E-state index contributed by atoms with van der Waals surface area (Å²) < 4.78 is 26.8. The molecule has 0 aliphatic rings. The van der Waals surface area contributed by atoms with Gasteiger partial charge in [0.05, 0.1) is 27.0 Å². The molecule has 2 amide bonds. The van der Waals surface area contributed by atoms with Gasteiger partial charge in [-0.2, -0.15) is 0 Å². The Labute approximate surface area is 257 Å². The molecule has 41 heavy (non-hydrogen) atoms. The number of sulfonamides is 1. The SMILES string of the molecule is CCCCNC(=O)[C@@H](Cc1ccccc1)N(Cc1ccccc1C)C(=O)CN(c1cc(Cl)c(Cl)cc1Cl)S(C)(=O)=O. The summed E-state index contributed by atoms with van der Waals surface area (Å²) in [7, 11) is -4.00. The van der Waals surface area contributed by atoms with Crippen molar-refractivity contribution in [3.63, 3.8) is 0 Å². The largest absolute Gasteiger partial charge is 0.354 e. The van der Waals surface area contributed by atoms with E-state index in [9.17, 15) is 18.0 Å². The maximum Gasteiger partial charge on any atom is 0.244 e. The van der Waals surface area contributed by atoms with Gasteiger partial charge in [0.1, 0.15) is 12.6 Å². The topological polar surface area (TPSA) is 86.8 Å². The molecule has 3 rings (SSSR count). The number of aryl methyl sites for hydroxylation is 1. The third-order valence-corrected chi connectivity index (χ3v) is 8.79. The zero-order valence-electron chi connectivity index (χ0n) is 23.2. The van der Waals surface area contributed by atoms with Gasteiger partial charge in [-0.25, -0.2) is 8.42 Å². The molecule has 0 heterocycles. The molecule has 0 bridgehead atoms. The van der Waals surface area contributed by atoms with E-state index in [0.29, 0.717) is 6.54 Å². The Balaban J connectivity index is 2.08. The summed E-state index contributed by atoms with van der Waals surface area (Å²) in [6.07, 6.45) is 2.89. The highest BCUT2D eigenvalue weighted by molar-refractivity contribution is 7.92. The second-order valence-corrected chi connectivity index (χ2v) is 12.9. The molecular weight excluding hydrogens is 605 g/mol. The highest BCUT2D eigenvalue weighted by Gasteiger charge is 2.33. The Morgan fingerprint density at radius 3 is 2.20 bits per heavy atom. The summed E-state index contributed by atoms with van der Waals surface area (Å²) in [4.78, 5) is 29.2. The van der Waals surface area contributed by atoms with Gasteiger partial charge in [-0.1, -0.05) is 103 Å². The number of carbonyl (C=O) groups excluding carboxylic acids is 2. The lowest BCUT2D eigenvalue weighted by atomic mass is 10.0. The van der Waals surface area contributed by atoms with Gasteiger partial charge in [-0.3, -0.25) is 13.9 Å². The molecule has 0 aromatic heterocycles. The highest BCUT2D eigenvalue weighted by Crippen LogP contribution is 2.35. The van der Waals surface area contributed by atoms with E-state index >= 15 is 0 Å². The van der Waals surface area contributed by atoms with Crippen LogP contribution in [0.15, 0.2) is 66.7 Å². The highest BCUT2D eigenvalue weighted by atomic mass is 35.5. The molecule has 1 atom stereocenters. The van der Waals surface area contributed by atoms with Crippen molar-refractivity contribution in [2.45, 2.75) is 45.7 Å². The second kappa shape index (κ2) is 14.9. The van der Waals surface area contributed by atoms with Crippen LogP contribution in [0.4, 0.5) is 5.69 Å². The number of carbonyl (C=O) groups is 2. The summed E-state index contributed by atoms with van der Waals surface area (Å²) in [5.74, 6) is -0.893. The van der Waals surface area contributed by atoms with Gasteiger partial charge in [0.2, 0.25) is 21.8 Å². The van der Waals surface area contributed by atoms with E-state index in [0.717, 1.165) is 40.1 Å². The Bertz CT molecular complexity index is 1470. The minimum atomic E-state index is -4.00. The zero-order chi connectivity index (χ0) is 30.2. The molecule has 11 heteroatoms. The summed E-state index contributed by atoms with van der Waals surface area (Å²) in [6, 6.07) is 18.7. The van der Waals surface area contributed by atoms with Crippen LogP contribution in [0.5, 0.6) is 0 Å². The molecule has 0 saturated heterocycles. The summed E-state index contributed by atoms with van der Waals surface area (Å²) in [5, 5.41) is 3.21. The number of unbranched alkanes of at least 4 members (excludes halogenated alkanes) is 1. The van der Waals surface area contributed by atoms with Gasteiger partial charge in [0.25, 0.3) is 0 Å². The van der Waals surface area contributed by atoms with E-state index < -0.39 is 28.5 Å². The fourth-order valence-corrected chi connectivity index (χ4v) is 5.88. The van der Waals surface area contributed by atoms with Crippen molar-refractivity contribution >= 4 is 62.3 Å². The summed E-state index contributed by atoms with van der Waals surface area (Å²) >= 11 is 18.6. The molecule has 1 N–H and O–H groups in total. The lowest BCUT2D eigenvalue weighted by molar-refractivity contribution is -0.140. The van der Waals surface area contributed by atoms with Crippen molar-refractivity contribution in [2.75, 3.05) is 23.7 Å². The average molecular weight is 639 g/mol. The maximum atomic E-state index is 14.2. The first kappa shape index (κ1) is 32.7. The van der Waals surface area contributed by atoms with E-state index in [1.54, 1.807) is 0 Å². The van der Waals surface area contributed by atoms with Crippen LogP contribution in [0, 0.1) is 6.92 Å². The second-order valence-electron chi connectivity index (χ2n) is 9.79. The van der Waals surface area contributed by atoms with Crippen LogP contribution in [0.3, 0.4) is 0 Å². The Hall–Kier alpha value is -2.78. The number of nitrogens with zero attached hydrogens (tertiary/aromatic N) is 2. The Morgan fingerprint density at radius 2 is 1.56 bits per heavy atom. The van der Waals surface area contributed by atoms with Crippen molar-refractivity contribution in [2.24, 2.45) is 0 Å². The predicted molar refractivity (Wildman–Crippen MR) is 167 cm³/mol. The van der Waals surface area contributed by atoms with E-state index in [1.165, 1.54) is 17.0 Å². The van der Waals surface area contributed by atoms with Crippen LogP contribution >= 0.6 is 34.8 Å². The summed E-state index contributed by atoms with van der Waals surface area (Å²) in [6.45, 7) is 3.90. The molecule has 0 saturated carbocycles. The van der Waals surface area contributed by atoms with Crippen LogP contribution in [0.1, 0.15) is 36.5 Å². The first-order chi connectivity index (χ1) is 19.4. The van der Waals surface area contributed by atoms with E-state index in [2.05, 4.69) is 5.32 Å². The fraction of sp³-hybridized carbons (Fsp3) is 0.333. The van der Waals surface area contributed by atoms with Crippen LogP contribution in [0.2, 0.25) is 15.1 Å². The smallest absolute Gasteiger partial charge is 0.244 e. The normalized spacial score (nSPS) is 12.0. The zero-order valence-corrected chi connectivity index (χ0v) is 26.3. The predicted octanol–water partition coefficient (Wildman–Crippen LogP) is 6.28. The Morgan fingerprint density at radius 1 is 0.927 bits per heavy atom. The number of hydrogen-bond donors (Lipinski definition) is 1. The number of nitrogens with one attached hydrogen (secondary N) is 1. The summed E-state index contributed by atoms with van der Waals surface area (Å²) in [5.41, 5.74) is 2.64. The average Bonchev–Trinajstić information content (AvgIpc) is 2.92. The number of halogens is 3. The third-order valence-electron chi connectivity index (χ3n) is 6.64. The van der Waals surface area contributed by atoms with Crippen molar-refractivity contribution in [3.8, 4) is 0 Å². The van der Waals surface area contributed by atoms with Crippen LogP contribution < -0.4 is 9.62 Å². The fourth-order valence-electron chi connectivity index (χ4n) is 4.33. The molecule has 220 valence electrons. The van der Waals surface area contributed by atoms with Gasteiger partial charge in [-0.05, 0) is 42.2 Å². The quantitative estimate of drug-likeness (QED) is 0.176. The van der Waals surface area contributed by atoms with Gasteiger partial charge >= 0.3 is 0 Å². The molecule has 0 fully saturated rings. The maximum absolute atomic E-state index is 14.2. The Kier molecular flexibility index (Phi) is 11.9. The molecule has 3 aromatic rings. The van der Waals surface area contributed by atoms with Crippen LogP contribution in [0.25, 0.3) is 0 Å². The van der Waals surface area contributed by atoms with Crippen LogP contribution in [-0.4, -0.2) is 50.5 Å². The number of hydrogen-bond acceptors (Lipinski definition) is 4. The van der Waals surface area contributed by atoms with Crippen molar-refractivity contribution in [1.29, 1.82) is 0 Å². The molecule has 0 aliphatic carbocycles. The minimum Gasteiger partial charge on any atom is -0.354 e. The number of benzene rings is 3. The standard InChI is InChI=1S/C30H34Cl3N3O4S/c1-4-5-15-34-30(38)28(16-22-12-7-6-8-13-22)35(19-23-14-10-9-11-21(23)2)29(37)20-36(41(3,39)40)27-18-25(32)24(31)17-26(27)33/h6-14,17-18,28H,4-5,15-16,19-20H2,1-3H3,(H,34,38)/t28-/m1/s1.